The Kier molecular flexibility index (Phi) is 3.35. The van der Waals surface area contributed by atoms with Crippen LogP contribution in [0.1, 0.15) is 61.3 Å². The summed E-state index contributed by atoms with van der Waals surface area (Å²) < 4.78 is 0. The third-order valence-electron chi connectivity index (χ3n) is 6.30. The summed E-state index contributed by atoms with van der Waals surface area (Å²) in [4.78, 5) is 2.54. The van der Waals surface area contributed by atoms with Crippen LogP contribution in [-0.4, -0.2) is 34.2 Å². The van der Waals surface area contributed by atoms with Crippen LogP contribution in [0.4, 0.5) is 0 Å². The number of fused-ring (bicyclic) bond motifs is 2. The predicted octanol–water partition coefficient (Wildman–Crippen LogP) is 3.29. The molecule has 2 bridgehead atoms. The molecular weight excluding hydrogens is 222 g/mol. The minimum Gasteiger partial charge on any atom is -0.391 e. The molecule has 0 aromatic rings. The molecule has 0 heterocycles. The van der Waals surface area contributed by atoms with Crippen molar-refractivity contribution in [1.82, 2.24) is 4.90 Å². The maximum Gasteiger partial charge on any atom is 0.0757 e. The van der Waals surface area contributed by atoms with E-state index >= 15 is 0 Å². The monoisotopic (exact) mass is 253 g/mol. The molecule has 0 unspecified atom stereocenters. The van der Waals surface area contributed by atoms with E-state index in [0.29, 0.717) is 24.0 Å². The lowest BCUT2D eigenvalue weighted by atomic mass is 9.70. The Labute approximate surface area is 113 Å². The van der Waals surface area contributed by atoms with E-state index in [2.05, 4.69) is 53.4 Å². The van der Waals surface area contributed by atoms with Gasteiger partial charge in [-0.1, -0.05) is 20.8 Å². The lowest BCUT2D eigenvalue weighted by molar-refractivity contribution is -0.0483. The van der Waals surface area contributed by atoms with Crippen LogP contribution < -0.4 is 0 Å². The summed E-state index contributed by atoms with van der Waals surface area (Å²) in [6.45, 7) is 16.1. The summed E-state index contributed by atoms with van der Waals surface area (Å²) in [6.07, 6.45) is 2.30. The van der Waals surface area contributed by atoms with Crippen LogP contribution in [0.5, 0.6) is 0 Å². The number of hydrogen-bond donors (Lipinski definition) is 1. The summed E-state index contributed by atoms with van der Waals surface area (Å²) in [5, 5.41) is 10.9. The van der Waals surface area contributed by atoms with Gasteiger partial charge in [0, 0.05) is 23.5 Å². The Morgan fingerprint density at radius 1 is 1.06 bits per heavy atom. The first-order chi connectivity index (χ1) is 8.14. The fourth-order valence-corrected chi connectivity index (χ4v) is 4.94. The summed E-state index contributed by atoms with van der Waals surface area (Å²) in [6, 6.07) is 1.35. The van der Waals surface area contributed by atoms with Gasteiger partial charge in [-0.05, 0) is 51.9 Å². The highest BCUT2D eigenvalue weighted by Gasteiger charge is 2.67. The lowest BCUT2D eigenvalue weighted by Gasteiger charge is -2.44. The molecule has 2 heteroatoms. The van der Waals surface area contributed by atoms with Gasteiger partial charge in [0.05, 0.1) is 6.10 Å². The van der Waals surface area contributed by atoms with E-state index in [4.69, 9.17) is 0 Å². The maximum absolute atomic E-state index is 10.9. The number of hydrogen-bond acceptors (Lipinski definition) is 2. The fraction of sp³-hybridized carbons (Fsp3) is 1.00. The molecule has 0 radical (unpaired) electrons. The molecule has 0 saturated heterocycles. The van der Waals surface area contributed by atoms with Crippen molar-refractivity contribution in [1.29, 1.82) is 0 Å². The van der Waals surface area contributed by atoms with Gasteiger partial charge < -0.3 is 5.11 Å². The van der Waals surface area contributed by atoms with Crippen molar-refractivity contribution in [2.75, 3.05) is 0 Å². The van der Waals surface area contributed by atoms with Gasteiger partial charge in [0.15, 0.2) is 0 Å². The molecule has 2 nitrogen and oxygen atoms in total. The minimum atomic E-state index is -0.170. The molecule has 18 heavy (non-hydrogen) atoms. The Hall–Kier alpha value is -0.0800. The molecule has 1 N–H and O–H groups in total. The highest BCUT2D eigenvalue weighted by atomic mass is 16.3. The standard InChI is InChI=1S/C16H31NO/c1-10(2)17(11(3)4)13-12-8-9-16(7,14(13)18)15(12,5)6/h10-14,18H,8-9H2,1-7H3/t12-,13+,14+,16+/m1/s1. The van der Waals surface area contributed by atoms with E-state index in [1.165, 1.54) is 12.8 Å². The zero-order chi connectivity index (χ0) is 13.9. The molecule has 0 aromatic carbocycles. The zero-order valence-electron chi connectivity index (χ0n) is 13.2. The van der Waals surface area contributed by atoms with Gasteiger partial charge in [-0.15, -0.1) is 0 Å². The predicted molar refractivity (Wildman–Crippen MR) is 76.5 cm³/mol. The first-order valence-corrected chi connectivity index (χ1v) is 7.60. The molecular formula is C16H31NO. The largest absolute Gasteiger partial charge is 0.391 e. The first kappa shape index (κ1) is 14.3. The molecule has 106 valence electrons. The molecule has 0 amide bonds. The van der Waals surface area contributed by atoms with Crippen LogP contribution >= 0.6 is 0 Å². The molecule has 2 saturated carbocycles. The highest BCUT2D eigenvalue weighted by Crippen LogP contribution is 2.66. The highest BCUT2D eigenvalue weighted by molar-refractivity contribution is 5.18. The van der Waals surface area contributed by atoms with E-state index in [1.807, 2.05) is 0 Å². The molecule has 0 aromatic heterocycles. The fourth-order valence-electron chi connectivity index (χ4n) is 4.94. The van der Waals surface area contributed by atoms with Crippen molar-refractivity contribution in [3.63, 3.8) is 0 Å². The molecule has 0 spiro atoms. The third kappa shape index (κ3) is 1.61. The lowest BCUT2D eigenvalue weighted by Crippen LogP contribution is -2.54. The van der Waals surface area contributed by atoms with Crippen LogP contribution in [0.15, 0.2) is 0 Å². The van der Waals surface area contributed by atoms with Crippen molar-refractivity contribution in [3.05, 3.63) is 0 Å². The van der Waals surface area contributed by atoms with Gasteiger partial charge >= 0.3 is 0 Å². The van der Waals surface area contributed by atoms with E-state index in [9.17, 15) is 5.11 Å². The van der Waals surface area contributed by atoms with Gasteiger partial charge in [0.2, 0.25) is 0 Å². The Bertz CT molecular complexity index is 313. The van der Waals surface area contributed by atoms with Gasteiger partial charge in [-0.3, -0.25) is 4.90 Å². The molecule has 4 atom stereocenters. The van der Waals surface area contributed by atoms with E-state index in [0.717, 1.165) is 0 Å². The third-order valence-corrected chi connectivity index (χ3v) is 6.30. The van der Waals surface area contributed by atoms with Gasteiger partial charge in [0.25, 0.3) is 0 Å². The summed E-state index contributed by atoms with van der Waals surface area (Å²) in [5.74, 6) is 0.641. The second-order valence-corrected chi connectivity index (χ2v) is 7.85. The molecule has 0 aliphatic heterocycles. The normalized spacial score (nSPS) is 42.5. The van der Waals surface area contributed by atoms with Gasteiger partial charge in [-0.2, -0.15) is 0 Å². The Morgan fingerprint density at radius 3 is 1.89 bits per heavy atom. The number of aliphatic hydroxyl groups is 1. The number of rotatable bonds is 3. The summed E-state index contributed by atoms with van der Waals surface area (Å²) >= 11 is 0. The smallest absolute Gasteiger partial charge is 0.0757 e. The van der Waals surface area contributed by atoms with Crippen molar-refractivity contribution < 1.29 is 5.11 Å². The first-order valence-electron chi connectivity index (χ1n) is 7.60. The zero-order valence-corrected chi connectivity index (χ0v) is 13.2. The van der Waals surface area contributed by atoms with E-state index < -0.39 is 0 Å². The summed E-state index contributed by atoms with van der Waals surface area (Å²) in [5.41, 5.74) is 0.365. The van der Waals surface area contributed by atoms with Crippen LogP contribution in [0.3, 0.4) is 0 Å². The Morgan fingerprint density at radius 2 is 1.56 bits per heavy atom. The number of nitrogens with zero attached hydrogens (tertiary/aromatic N) is 1. The Balaban J connectivity index is 2.37. The SMILES string of the molecule is CC(C)N(C(C)C)[C@H]1[C@H]2CC[C@@](C)([C@H]1O)C2(C)C. The van der Waals surface area contributed by atoms with Crippen LogP contribution in [0.2, 0.25) is 0 Å². The molecule has 2 rings (SSSR count). The van der Waals surface area contributed by atoms with Gasteiger partial charge in [-0.25, -0.2) is 0 Å². The van der Waals surface area contributed by atoms with Crippen LogP contribution in [0, 0.1) is 16.7 Å². The quantitative estimate of drug-likeness (QED) is 0.834. The second kappa shape index (κ2) is 4.21. The van der Waals surface area contributed by atoms with Gasteiger partial charge in [0.1, 0.15) is 0 Å². The molecule has 2 fully saturated rings. The van der Waals surface area contributed by atoms with E-state index in [1.54, 1.807) is 0 Å². The van der Waals surface area contributed by atoms with Crippen molar-refractivity contribution in [2.45, 2.75) is 85.5 Å². The van der Waals surface area contributed by atoms with Crippen molar-refractivity contribution in [3.8, 4) is 0 Å². The maximum atomic E-state index is 10.9. The molecule has 2 aliphatic carbocycles. The van der Waals surface area contributed by atoms with Crippen LogP contribution in [0.25, 0.3) is 0 Å². The minimum absolute atomic E-state index is 0.102. The second-order valence-electron chi connectivity index (χ2n) is 7.85. The van der Waals surface area contributed by atoms with E-state index in [-0.39, 0.29) is 16.9 Å². The topological polar surface area (TPSA) is 23.5 Å². The molecule has 2 aliphatic rings. The average Bonchev–Trinajstić information content (AvgIpc) is 2.52. The van der Waals surface area contributed by atoms with Crippen LogP contribution in [-0.2, 0) is 0 Å². The van der Waals surface area contributed by atoms with Crippen molar-refractivity contribution in [2.24, 2.45) is 16.7 Å². The van der Waals surface area contributed by atoms with Crippen molar-refractivity contribution >= 4 is 0 Å². The average molecular weight is 253 g/mol. The summed E-state index contributed by atoms with van der Waals surface area (Å²) in [7, 11) is 0. The number of aliphatic hydroxyl groups excluding tert-OH is 1.